The van der Waals surface area contributed by atoms with Gasteiger partial charge in [0.25, 0.3) is 0 Å². The van der Waals surface area contributed by atoms with Gasteiger partial charge in [0, 0.05) is 32.2 Å². The van der Waals surface area contributed by atoms with Crippen LogP contribution in [0.4, 0.5) is 17.6 Å². The minimum absolute atomic E-state index is 0.0961. The summed E-state index contributed by atoms with van der Waals surface area (Å²) in [5.74, 6) is -0.730. The van der Waals surface area contributed by atoms with E-state index in [1.165, 1.54) is 6.07 Å². The van der Waals surface area contributed by atoms with E-state index in [2.05, 4.69) is 24.1 Å². The third-order valence-corrected chi connectivity index (χ3v) is 4.29. The number of halogens is 4. The van der Waals surface area contributed by atoms with Gasteiger partial charge in [-0.2, -0.15) is 13.2 Å². The Morgan fingerprint density at radius 1 is 1.13 bits per heavy atom. The molecule has 1 aromatic rings. The van der Waals surface area contributed by atoms with Gasteiger partial charge in [-0.1, -0.05) is 19.9 Å². The highest BCUT2D eigenvalue weighted by Crippen LogP contribution is 2.35. The van der Waals surface area contributed by atoms with E-state index in [9.17, 15) is 17.6 Å². The zero-order valence-electron chi connectivity index (χ0n) is 13.6. The quantitative estimate of drug-likeness (QED) is 0.812. The Morgan fingerprint density at radius 2 is 1.78 bits per heavy atom. The van der Waals surface area contributed by atoms with Crippen molar-refractivity contribution in [2.24, 2.45) is 5.92 Å². The average Bonchev–Trinajstić information content (AvgIpc) is 2.48. The predicted molar refractivity (Wildman–Crippen MR) is 82.7 cm³/mol. The second-order valence-corrected chi connectivity index (χ2v) is 6.51. The van der Waals surface area contributed by atoms with E-state index in [0.717, 1.165) is 51.2 Å². The summed E-state index contributed by atoms with van der Waals surface area (Å²) < 4.78 is 52.5. The summed E-state index contributed by atoms with van der Waals surface area (Å²) in [5, 5.41) is 3.25. The lowest BCUT2D eigenvalue weighted by atomic mass is 9.94. The van der Waals surface area contributed by atoms with Crippen LogP contribution in [0.5, 0.6) is 0 Å². The summed E-state index contributed by atoms with van der Waals surface area (Å²) in [5.41, 5.74) is -0.610. The van der Waals surface area contributed by atoms with Gasteiger partial charge < -0.3 is 5.32 Å². The normalized spacial score (nSPS) is 18.4. The lowest BCUT2D eigenvalue weighted by Crippen LogP contribution is -2.45. The number of piperazine rings is 1. The first-order valence-electron chi connectivity index (χ1n) is 8.10. The summed E-state index contributed by atoms with van der Waals surface area (Å²) in [6, 6.07) is 3.34. The summed E-state index contributed by atoms with van der Waals surface area (Å²) in [7, 11) is 0. The molecule has 0 spiro atoms. The predicted octanol–water partition coefficient (Wildman–Crippen LogP) is 4.23. The molecule has 2 nitrogen and oxygen atoms in total. The fourth-order valence-corrected chi connectivity index (χ4v) is 3.01. The molecular weight excluding hydrogens is 308 g/mol. The number of benzene rings is 1. The molecule has 23 heavy (non-hydrogen) atoms. The molecular formula is C17H24F4N2. The molecule has 1 aliphatic rings. The van der Waals surface area contributed by atoms with E-state index in [0.29, 0.717) is 11.5 Å². The molecule has 130 valence electrons. The molecule has 1 saturated heterocycles. The monoisotopic (exact) mass is 332 g/mol. The second-order valence-electron chi connectivity index (χ2n) is 6.51. The first kappa shape index (κ1) is 18.2. The Balaban J connectivity index is 2.30. The Morgan fingerprint density at radius 3 is 2.35 bits per heavy atom. The van der Waals surface area contributed by atoms with E-state index in [1.807, 2.05) is 0 Å². The van der Waals surface area contributed by atoms with Crippen molar-refractivity contribution in [1.29, 1.82) is 0 Å². The van der Waals surface area contributed by atoms with Crippen molar-refractivity contribution < 1.29 is 17.6 Å². The highest BCUT2D eigenvalue weighted by atomic mass is 19.4. The molecule has 6 heteroatoms. The zero-order valence-corrected chi connectivity index (χ0v) is 13.6. The maximum atomic E-state index is 13.5. The summed E-state index contributed by atoms with van der Waals surface area (Å²) >= 11 is 0. The van der Waals surface area contributed by atoms with Crippen LogP contribution in [0.3, 0.4) is 0 Å². The summed E-state index contributed by atoms with van der Waals surface area (Å²) in [6.07, 6.45) is -2.96. The third kappa shape index (κ3) is 4.91. The standard InChI is InChI=1S/C17H24F4N2/c1-12(2)3-6-16(23-9-7-22-8-10-23)13-4-5-15(18)14(11-13)17(19,20)21/h4-5,11-12,16,22H,3,6-10H2,1-2H3/t16-/m0/s1. The Labute approximate surface area is 134 Å². The van der Waals surface area contributed by atoms with Crippen molar-refractivity contribution in [3.63, 3.8) is 0 Å². The van der Waals surface area contributed by atoms with Crippen molar-refractivity contribution in [2.75, 3.05) is 26.2 Å². The van der Waals surface area contributed by atoms with Crippen LogP contribution in [0.15, 0.2) is 18.2 Å². The summed E-state index contributed by atoms with van der Waals surface area (Å²) in [4.78, 5) is 2.20. The van der Waals surface area contributed by atoms with Crippen LogP contribution in [0.25, 0.3) is 0 Å². The van der Waals surface area contributed by atoms with E-state index in [-0.39, 0.29) is 6.04 Å². The van der Waals surface area contributed by atoms with Gasteiger partial charge in [0.2, 0.25) is 0 Å². The molecule has 1 aromatic carbocycles. The minimum atomic E-state index is -4.66. The number of rotatable bonds is 5. The largest absolute Gasteiger partial charge is 0.419 e. The van der Waals surface area contributed by atoms with Crippen LogP contribution in [-0.4, -0.2) is 31.1 Å². The topological polar surface area (TPSA) is 15.3 Å². The first-order valence-corrected chi connectivity index (χ1v) is 8.10. The van der Waals surface area contributed by atoms with Gasteiger partial charge in [-0.3, -0.25) is 4.90 Å². The Kier molecular flexibility index (Phi) is 6.03. The lowest BCUT2D eigenvalue weighted by molar-refractivity contribution is -0.140. The molecule has 0 saturated carbocycles. The smallest absolute Gasteiger partial charge is 0.314 e. The molecule has 1 fully saturated rings. The van der Waals surface area contributed by atoms with Crippen LogP contribution < -0.4 is 5.32 Å². The number of nitrogens with zero attached hydrogens (tertiary/aromatic N) is 1. The fourth-order valence-electron chi connectivity index (χ4n) is 3.01. The lowest BCUT2D eigenvalue weighted by Gasteiger charge is -2.36. The molecule has 0 aromatic heterocycles. The van der Waals surface area contributed by atoms with Crippen molar-refractivity contribution >= 4 is 0 Å². The van der Waals surface area contributed by atoms with Crippen LogP contribution in [-0.2, 0) is 6.18 Å². The minimum Gasteiger partial charge on any atom is -0.314 e. The maximum Gasteiger partial charge on any atom is 0.419 e. The second kappa shape index (κ2) is 7.62. The molecule has 2 rings (SSSR count). The van der Waals surface area contributed by atoms with Crippen molar-refractivity contribution in [1.82, 2.24) is 10.2 Å². The van der Waals surface area contributed by atoms with E-state index in [4.69, 9.17) is 0 Å². The number of nitrogens with one attached hydrogen (secondary N) is 1. The van der Waals surface area contributed by atoms with Gasteiger partial charge in [-0.25, -0.2) is 4.39 Å². The number of alkyl halides is 3. The molecule has 0 unspecified atom stereocenters. The molecule has 1 atom stereocenters. The average molecular weight is 332 g/mol. The van der Waals surface area contributed by atoms with Crippen LogP contribution in [0.1, 0.15) is 43.9 Å². The molecule has 1 N–H and O–H groups in total. The molecule has 1 aliphatic heterocycles. The van der Waals surface area contributed by atoms with Crippen LogP contribution >= 0.6 is 0 Å². The van der Waals surface area contributed by atoms with E-state index < -0.39 is 17.6 Å². The number of hydrogen-bond donors (Lipinski definition) is 1. The maximum absolute atomic E-state index is 13.5. The molecule has 1 heterocycles. The highest BCUT2D eigenvalue weighted by Gasteiger charge is 2.35. The summed E-state index contributed by atoms with van der Waals surface area (Å²) in [6.45, 7) is 7.43. The van der Waals surface area contributed by atoms with Gasteiger partial charge in [0.05, 0.1) is 5.56 Å². The van der Waals surface area contributed by atoms with Crippen LogP contribution in [0, 0.1) is 11.7 Å². The van der Waals surface area contributed by atoms with Crippen LogP contribution in [0.2, 0.25) is 0 Å². The molecule has 0 aliphatic carbocycles. The van der Waals surface area contributed by atoms with Gasteiger partial charge in [-0.05, 0) is 36.5 Å². The van der Waals surface area contributed by atoms with Gasteiger partial charge >= 0.3 is 6.18 Å². The highest BCUT2D eigenvalue weighted by molar-refractivity contribution is 5.29. The first-order chi connectivity index (χ1) is 10.8. The molecule has 0 radical (unpaired) electrons. The van der Waals surface area contributed by atoms with Crippen molar-refractivity contribution in [3.05, 3.63) is 35.1 Å². The molecule has 0 bridgehead atoms. The van der Waals surface area contributed by atoms with Gasteiger partial charge in [-0.15, -0.1) is 0 Å². The van der Waals surface area contributed by atoms with E-state index >= 15 is 0 Å². The third-order valence-electron chi connectivity index (χ3n) is 4.29. The molecule has 0 amide bonds. The van der Waals surface area contributed by atoms with Crippen molar-refractivity contribution in [2.45, 2.75) is 38.9 Å². The van der Waals surface area contributed by atoms with E-state index in [1.54, 1.807) is 0 Å². The van der Waals surface area contributed by atoms with Gasteiger partial charge in [0.15, 0.2) is 0 Å². The van der Waals surface area contributed by atoms with Gasteiger partial charge in [0.1, 0.15) is 5.82 Å². The Hall–Kier alpha value is -1.14. The zero-order chi connectivity index (χ0) is 17.0. The SMILES string of the molecule is CC(C)CC[C@@H](c1ccc(F)c(C(F)(F)F)c1)N1CCNCC1. The number of hydrogen-bond acceptors (Lipinski definition) is 2. The van der Waals surface area contributed by atoms with Crippen molar-refractivity contribution in [3.8, 4) is 0 Å². The fraction of sp³-hybridized carbons (Fsp3) is 0.647. The Bertz CT molecular complexity index is 508.